The van der Waals surface area contributed by atoms with Gasteiger partial charge in [0.25, 0.3) is 0 Å². The lowest BCUT2D eigenvalue weighted by molar-refractivity contribution is 0.953. The minimum absolute atomic E-state index is 0.00888. The summed E-state index contributed by atoms with van der Waals surface area (Å²) in [4.78, 5) is 15.3. The topological polar surface area (TPSA) is 48.5 Å². The van der Waals surface area contributed by atoms with Gasteiger partial charge in [0.05, 0.1) is 34.4 Å². The highest BCUT2D eigenvalue weighted by Gasteiger charge is 2.23. The molecule has 0 aliphatic carbocycles. The Balaban J connectivity index is 1.05. The zero-order valence-electron chi connectivity index (χ0n) is 41.7. The van der Waals surface area contributed by atoms with Crippen molar-refractivity contribution in [3.63, 3.8) is 0 Å². The monoisotopic (exact) mass is 798 g/mol. The first-order valence-corrected chi connectivity index (χ1v) is 20.3. The number of nitrogens with zero attached hydrogens (tertiary/aromatic N) is 5. The van der Waals surface area contributed by atoms with Crippen LogP contribution in [0.1, 0.15) is 12.3 Å². The highest BCUT2D eigenvalue weighted by Crippen LogP contribution is 2.43. The van der Waals surface area contributed by atoms with Crippen LogP contribution in [0.15, 0.2) is 212 Å². The van der Waals surface area contributed by atoms with Crippen molar-refractivity contribution in [1.82, 2.24) is 24.1 Å². The van der Waals surface area contributed by atoms with Gasteiger partial charge in [0, 0.05) is 38.4 Å². The average molecular weight is 799 g/mol. The Hall–Kier alpha value is -8.41. The predicted molar refractivity (Wildman–Crippen MR) is 257 cm³/mol. The molecule has 62 heavy (non-hydrogen) atoms. The Kier molecular flexibility index (Phi) is 5.83. The van der Waals surface area contributed by atoms with Crippen LogP contribution in [0.4, 0.5) is 0 Å². The summed E-state index contributed by atoms with van der Waals surface area (Å²) < 4.78 is 84.5. The maximum absolute atomic E-state index is 9.85. The first kappa shape index (κ1) is 26.6. The van der Waals surface area contributed by atoms with Crippen LogP contribution in [0.2, 0.25) is 0 Å². The van der Waals surface area contributed by atoms with E-state index < -0.39 is 36.3 Å². The van der Waals surface area contributed by atoms with Crippen molar-refractivity contribution in [2.75, 3.05) is 0 Å². The zero-order chi connectivity index (χ0) is 48.6. The van der Waals surface area contributed by atoms with E-state index in [1.54, 1.807) is 12.1 Å². The molecule has 0 saturated carbocycles. The highest BCUT2D eigenvalue weighted by molar-refractivity contribution is 6.29. The first-order chi connectivity index (χ1) is 34.5. The van der Waals surface area contributed by atoms with Crippen molar-refractivity contribution in [3.8, 4) is 45.5 Å². The van der Waals surface area contributed by atoms with Crippen molar-refractivity contribution < 1.29 is 12.3 Å². The van der Waals surface area contributed by atoms with Gasteiger partial charge in [0.1, 0.15) is 0 Å². The minimum atomic E-state index is -0.529. The van der Waals surface area contributed by atoms with E-state index in [-0.39, 0.29) is 45.1 Å². The predicted octanol–water partition coefficient (Wildman–Crippen LogP) is 14.5. The first-order valence-electron chi connectivity index (χ1n) is 24.8. The lowest BCUT2D eigenvalue weighted by atomic mass is 9.92. The average Bonchev–Trinajstić information content (AvgIpc) is 3.93. The maximum atomic E-state index is 9.85. The summed E-state index contributed by atoms with van der Waals surface area (Å²) >= 11 is 0. The standard InChI is InChI=1S/C57H35N5/c1-3-16-36(17-4-1)55-58-56(37-18-5-2-6-19-37)60-57(59-55)62-50-29-14-12-27-47(50)54-52(62)33-32-51-53(54)46-26-11-13-28-49(46)61(51)40-21-15-20-38(34-40)39-30-31-45-43-24-8-7-22-41(43)42-23-9-10-25-44(42)48(45)35-39/h1-35H/i7D,8D,9D,10D,22D,23D,24D,25D,35D. The van der Waals surface area contributed by atoms with Crippen molar-refractivity contribution in [3.05, 3.63) is 212 Å². The Labute approximate surface area is 369 Å². The molecule has 0 unspecified atom stereocenters. The maximum Gasteiger partial charge on any atom is 0.238 e. The molecule has 0 amide bonds. The lowest BCUT2D eigenvalue weighted by Crippen LogP contribution is -2.06. The van der Waals surface area contributed by atoms with Gasteiger partial charge in [-0.25, -0.2) is 4.98 Å². The van der Waals surface area contributed by atoms with Gasteiger partial charge in [0.15, 0.2) is 11.6 Å². The molecule has 13 rings (SSSR count). The van der Waals surface area contributed by atoms with Crippen LogP contribution >= 0.6 is 0 Å². The zero-order valence-corrected chi connectivity index (χ0v) is 32.7. The third kappa shape index (κ3) is 5.18. The Morgan fingerprint density at radius 3 is 1.45 bits per heavy atom. The largest absolute Gasteiger partial charge is 0.309 e. The molecule has 0 fully saturated rings. The number of fused-ring (bicyclic) bond motifs is 13. The van der Waals surface area contributed by atoms with E-state index in [9.17, 15) is 1.37 Å². The quantitative estimate of drug-likeness (QED) is 0.163. The summed E-state index contributed by atoms with van der Waals surface area (Å²) in [5.41, 5.74) is 7.43. The second-order valence-electron chi connectivity index (χ2n) is 15.3. The molecule has 3 heterocycles. The smallest absolute Gasteiger partial charge is 0.238 e. The summed E-state index contributed by atoms with van der Waals surface area (Å²) in [6, 6.07) is 48.3. The minimum Gasteiger partial charge on any atom is -0.309 e. The van der Waals surface area contributed by atoms with Crippen LogP contribution in [0.25, 0.3) is 121 Å². The Morgan fingerprint density at radius 2 is 0.839 bits per heavy atom. The number of aromatic nitrogens is 5. The van der Waals surface area contributed by atoms with Gasteiger partial charge in [-0.15, -0.1) is 0 Å². The van der Waals surface area contributed by atoms with Crippen LogP contribution in [0, 0.1) is 0 Å². The van der Waals surface area contributed by atoms with Crippen LogP contribution in [-0.2, 0) is 0 Å². The van der Waals surface area contributed by atoms with Gasteiger partial charge in [0.2, 0.25) is 5.95 Å². The number of hydrogen-bond acceptors (Lipinski definition) is 3. The molecule has 0 radical (unpaired) electrons. The molecular weight excluding hydrogens is 755 g/mol. The molecule has 13 aromatic rings. The van der Waals surface area contributed by atoms with Crippen molar-refractivity contribution in [2.24, 2.45) is 0 Å². The second kappa shape index (κ2) is 13.6. The molecule has 0 spiro atoms. The van der Waals surface area contributed by atoms with Crippen LogP contribution in [0.5, 0.6) is 0 Å². The summed E-state index contributed by atoms with van der Waals surface area (Å²) in [7, 11) is 0. The van der Waals surface area contributed by atoms with Gasteiger partial charge in [-0.1, -0.05) is 170 Å². The van der Waals surface area contributed by atoms with Crippen molar-refractivity contribution in [2.45, 2.75) is 0 Å². The molecule has 10 aromatic carbocycles. The van der Waals surface area contributed by atoms with E-state index in [4.69, 9.17) is 25.9 Å². The summed E-state index contributed by atoms with van der Waals surface area (Å²) in [5, 5.41) is 4.64. The number of rotatable bonds is 5. The van der Waals surface area contributed by atoms with E-state index in [0.29, 0.717) is 34.1 Å². The lowest BCUT2D eigenvalue weighted by Gasteiger charge is -2.13. The van der Waals surface area contributed by atoms with Gasteiger partial charge < -0.3 is 4.57 Å². The van der Waals surface area contributed by atoms with Gasteiger partial charge >= 0.3 is 0 Å². The fourth-order valence-corrected chi connectivity index (χ4v) is 9.18. The molecule has 3 aromatic heterocycles. The Morgan fingerprint density at radius 1 is 0.339 bits per heavy atom. The number of hydrogen-bond donors (Lipinski definition) is 0. The number of benzene rings is 10. The van der Waals surface area contributed by atoms with Gasteiger partial charge in [-0.05, 0) is 85.9 Å². The van der Waals surface area contributed by atoms with Gasteiger partial charge in [-0.2, -0.15) is 9.97 Å². The fourth-order valence-electron chi connectivity index (χ4n) is 9.18. The van der Waals surface area contributed by atoms with E-state index in [0.717, 1.165) is 60.4 Å². The molecule has 5 nitrogen and oxygen atoms in total. The second-order valence-corrected chi connectivity index (χ2v) is 15.3. The summed E-state index contributed by atoms with van der Waals surface area (Å²) in [6.45, 7) is 0. The molecule has 0 bridgehead atoms. The molecule has 0 atom stereocenters. The molecule has 288 valence electrons. The van der Waals surface area contributed by atoms with Crippen molar-refractivity contribution in [1.29, 1.82) is 0 Å². The Bertz CT molecular complexity index is 4400. The summed E-state index contributed by atoms with van der Waals surface area (Å²) in [5.74, 6) is 1.59. The van der Waals surface area contributed by atoms with E-state index in [2.05, 4.69) is 45.5 Å². The normalized spacial score (nSPS) is 13.9. The molecule has 0 N–H and O–H groups in total. The third-order valence-corrected chi connectivity index (χ3v) is 11.9. The highest BCUT2D eigenvalue weighted by atomic mass is 15.2. The molecule has 5 heteroatoms. The fraction of sp³-hybridized carbons (Fsp3) is 0. The van der Waals surface area contributed by atoms with Gasteiger partial charge in [-0.3, -0.25) is 4.57 Å². The van der Waals surface area contributed by atoms with Crippen LogP contribution < -0.4 is 0 Å². The van der Waals surface area contributed by atoms with Crippen LogP contribution in [0.3, 0.4) is 0 Å². The van der Waals surface area contributed by atoms with E-state index >= 15 is 0 Å². The number of para-hydroxylation sites is 2. The molecule has 0 saturated heterocycles. The molecular formula is C57H35N5. The molecule has 0 aliphatic heterocycles. The van der Waals surface area contributed by atoms with E-state index in [1.807, 2.05) is 109 Å². The summed E-state index contributed by atoms with van der Waals surface area (Å²) in [6.07, 6.45) is 0. The third-order valence-electron chi connectivity index (χ3n) is 11.9. The van der Waals surface area contributed by atoms with Crippen molar-refractivity contribution >= 4 is 75.9 Å². The SMILES string of the molecule is [2H]c1c([2H])c([2H])c2c(c1[2H])c1ccc(-c3cccc(-n4c5ccccc5c5c6c7ccccc7n(-c7nc(-c8ccccc8)nc(-c8ccccc8)n7)c6ccc54)c3)c([2H])c1c1c([2H])c([2H])c([2H])c([2H])c12. The van der Waals surface area contributed by atoms with E-state index in [1.165, 1.54) is 0 Å². The van der Waals surface area contributed by atoms with Crippen LogP contribution in [-0.4, -0.2) is 24.1 Å². The molecule has 0 aliphatic rings.